The fourth-order valence-corrected chi connectivity index (χ4v) is 8.48. The third-order valence-electron chi connectivity index (χ3n) is 11.4. The van der Waals surface area contributed by atoms with E-state index in [-0.39, 0.29) is 31.2 Å². The van der Waals surface area contributed by atoms with Crippen LogP contribution in [0, 0.1) is 32.8 Å². The minimum atomic E-state index is -2.18. The number of hydrogen-bond donors (Lipinski definition) is 0. The second kappa shape index (κ2) is 15.9. The normalized spacial score (nSPS) is 13.6. The number of aromatic nitrogens is 3. The summed E-state index contributed by atoms with van der Waals surface area (Å²) in [5, 5.41) is 6.42. The predicted octanol–water partition coefficient (Wildman–Crippen LogP) is 15.2. The van der Waals surface area contributed by atoms with Gasteiger partial charge in [-0.1, -0.05) is 112 Å². The molecule has 11 rings (SSSR count). The molecule has 7 aromatic carbocycles. The Morgan fingerprint density at radius 2 is 1.26 bits per heavy atom. The fourth-order valence-electron chi connectivity index (χ4n) is 8.48. The van der Waals surface area contributed by atoms with Crippen LogP contribution in [0.3, 0.4) is 0 Å². The zero-order valence-electron chi connectivity index (χ0n) is 40.3. The van der Waals surface area contributed by atoms with Gasteiger partial charge in [0.2, 0.25) is 0 Å². The van der Waals surface area contributed by atoms with E-state index in [1.54, 1.807) is 12.1 Å². The molecule has 1 radical (unpaired) electrons. The van der Waals surface area contributed by atoms with Crippen LogP contribution in [0.1, 0.15) is 75.6 Å². The number of hydrogen-bond acceptors (Lipinski definition) is 4. The summed E-state index contributed by atoms with van der Waals surface area (Å²) in [6, 6.07) is 48.1. The quantitative estimate of drug-likeness (QED) is 0.161. The van der Waals surface area contributed by atoms with Crippen molar-refractivity contribution in [3.63, 3.8) is 0 Å². The molecule has 0 bridgehead atoms. The number of para-hydroxylation sites is 3. The summed E-state index contributed by atoms with van der Waals surface area (Å²) >= 11 is 0. The number of benzene rings is 7. The molecule has 0 spiro atoms. The third kappa shape index (κ3) is 6.94. The standard InChI is InChI=1S/C42H33N2O2.C13H12N.Ir/c1-23(2)33-21-25(5)22-34(24(3)4)38(33)44-36-15-8-7-14-35(36)43-42(44)32-13-10-12-27-29-19-20-30-31(40(29)46-41(27)32)18-17-28-26-11-6-9-16-37(26)45-39(28)30;1-10-3-6-12(7-4-10)13-8-5-11(2)9-14-13;/h6-12,14-24H,1-5H3;3-6,8-9H,1-2H3;/q2*-1;/i;1D3,2D3;. The molecule has 0 saturated heterocycles. The Kier molecular flexibility index (Phi) is 8.72. The van der Waals surface area contributed by atoms with Crippen molar-refractivity contribution in [1.29, 1.82) is 0 Å². The molecule has 5 nitrogen and oxygen atoms in total. The van der Waals surface area contributed by atoms with Crippen LogP contribution in [0.2, 0.25) is 0 Å². The number of furan rings is 2. The number of fused-ring (bicyclic) bond motifs is 10. The average molecular weight is 978 g/mol. The molecule has 4 heterocycles. The maximum atomic E-state index is 7.28. The topological polar surface area (TPSA) is 57.0 Å². The molecule has 0 aliphatic rings. The van der Waals surface area contributed by atoms with Crippen LogP contribution in [0.5, 0.6) is 0 Å². The van der Waals surface area contributed by atoms with Gasteiger partial charge in [-0.25, -0.2) is 0 Å². The summed E-state index contributed by atoms with van der Waals surface area (Å²) < 4.78 is 59.3. The van der Waals surface area contributed by atoms with Crippen LogP contribution in [0.25, 0.3) is 94.0 Å². The first kappa shape index (κ1) is 33.4. The van der Waals surface area contributed by atoms with E-state index < -0.39 is 13.7 Å². The van der Waals surface area contributed by atoms with Gasteiger partial charge in [0.15, 0.2) is 0 Å². The minimum absolute atomic E-state index is 0. The average Bonchev–Trinajstić information content (AvgIpc) is 4.00. The largest absolute Gasteiger partial charge is 0.500 e. The first-order chi connectivity index (χ1) is 31.6. The molecule has 0 aliphatic carbocycles. The van der Waals surface area contributed by atoms with Gasteiger partial charge in [-0.05, 0) is 84.4 Å². The molecule has 0 amide bonds. The van der Waals surface area contributed by atoms with Gasteiger partial charge in [-0.2, -0.15) is 0 Å². The first-order valence-electron chi connectivity index (χ1n) is 23.3. The van der Waals surface area contributed by atoms with Gasteiger partial charge in [0.05, 0.1) is 22.4 Å². The van der Waals surface area contributed by atoms with Crippen molar-refractivity contribution in [3.05, 3.63) is 174 Å². The molecule has 0 N–H and O–H groups in total. The Morgan fingerprint density at radius 3 is 1.92 bits per heavy atom. The van der Waals surface area contributed by atoms with E-state index in [2.05, 4.69) is 135 Å². The monoisotopic (exact) mass is 978 g/mol. The van der Waals surface area contributed by atoms with Crippen molar-refractivity contribution in [2.24, 2.45) is 0 Å². The molecule has 4 aromatic heterocycles. The summed E-state index contributed by atoms with van der Waals surface area (Å²) in [6.07, 6.45) is 1.30. The Bertz CT molecular complexity index is 3550. The van der Waals surface area contributed by atoms with Gasteiger partial charge >= 0.3 is 0 Å². The van der Waals surface area contributed by atoms with Crippen molar-refractivity contribution < 1.29 is 37.2 Å². The molecule has 11 aromatic rings. The van der Waals surface area contributed by atoms with E-state index in [0.717, 1.165) is 77.1 Å². The Morgan fingerprint density at radius 1 is 0.623 bits per heavy atom. The number of aryl methyl sites for hydroxylation is 3. The summed E-state index contributed by atoms with van der Waals surface area (Å²) in [6.45, 7) is 6.96. The van der Waals surface area contributed by atoms with E-state index in [1.807, 2.05) is 18.2 Å². The van der Waals surface area contributed by atoms with Crippen LogP contribution in [0.15, 0.2) is 142 Å². The van der Waals surface area contributed by atoms with Crippen molar-refractivity contribution >= 4 is 65.7 Å². The summed E-state index contributed by atoms with van der Waals surface area (Å²) in [5.74, 6) is 1.49. The van der Waals surface area contributed by atoms with Crippen molar-refractivity contribution in [3.8, 4) is 28.3 Å². The zero-order chi connectivity index (χ0) is 46.2. The Labute approximate surface area is 377 Å². The van der Waals surface area contributed by atoms with Gasteiger partial charge in [0, 0.05) is 67.1 Å². The second-order valence-electron chi connectivity index (χ2n) is 16.1. The summed E-state index contributed by atoms with van der Waals surface area (Å²) in [7, 11) is 0. The first-order valence-corrected chi connectivity index (χ1v) is 20.3. The molecular weight excluding hydrogens is 927 g/mol. The molecule has 6 heteroatoms. The van der Waals surface area contributed by atoms with Gasteiger partial charge in [-0.15, -0.1) is 53.6 Å². The van der Waals surface area contributed by atoms with Crippen LogP contribution < -0.4 is 0 Å². The van der Waals surface area contributed by atoms with Crippen LogP contribution in [0.4, 0.5) is 0 Å². The van der Waals surface area contributed by atoms with Crippen molar-refractivity contribution in [2.75, 3.05) is 0 Å². The molecule has 0 atom stereocenters. The van der Waals surface area contributed by atoms with Gasteiger partial charge in [0.25, 0.3) is 0 Å². The molecule has 0 unspecified atom stereocenters. The number of pyridine rings is 1. The molecule has 0 fully saturated rings. The van der Waals surface area contributed by atoms with Crippen molar-refractivity contribution in [1.82, 2.24) is 14.5 Å². The van der Waals surface area contributed by atoms with Crippen molar-refractivity contribution in [2.45, 2.75) is 60.2 Å². The maximum absolute atomic E-state index is 7.28. The van der Waals surface area contributed by atoms with E-state index in [0.29, 0.717) is 23.1 Å². The van der Waals surface area contributed by atoms with Gasteiger partial charge < -0.3 is 18.4 Å². The van der Waals surface area contributed by atoms with E-state index in [4.69, 9.17) is 22.0 Å². The minimum Gasteiger partial charge on any atom is -0.500 e. The third-order valence-corrected chi connectivity index (χ3v) is 11.4. The van der Waals surface area contributed by atoms with E-state index in [9.17, 15) is 0 Å². The number of nitrogens with zero attached hydrogens (tertiary/aromatic N) is 3. The Balaban J connectivity index is 0.000000226. The number of rotatable bonds is 5. The molecular formula is C55H45IrN3O2-2. The van der Waals surface area contributed by atoms with Gasteiger partial charge in [-0.3, -0.25) is 4.98 Å². The maximum Gasteiger partial charge on any atom is 0.143 e. The molecule has 303 valence electrons. The van der Waals surface area contributed by atoms with Crippen LogP contribution in [-0.2, 0) is 20.1 Å². The van der Waals surface area contributed by atoms with Crippen LogP contribution >= 0.6 is 0 Å². The Hall–Kier alpha value is -6.33. The second-order valence-corrected chi connectivity index (χ2v) is 16.1. The van der Waals surface area contributed by atoms with Gasteiger partial charge in [0.1, 0.15) is 16.7 Å². The number of imidazole rings is 1. The molecule has 0 saturated carbocycles. The SMILES string of the molecule is Cc1cc(C(C)C)c(-n2c(-c3[c-]ccc4c3oc3c4ccc4c3ccc3c5ccccc5oc34)nc3ccccc32)c(C(C)C)c1.[2H]C([2H])([2H])c1c[c-]c(-c2ccc(C([2H])([2H])[2H])cn2)cc1.[Ir]. The summed E-state index contributed by atoms with van der Waals surface area (Å²) in [5.41, 5.74) is 12.9. The van der Waals surface area contributed by atoms with Crippen LogP contribution in [-0.4, -0.2) is 14.5 Å². The predicted molar refractivity (Wildman–Crippen MR) is 248 cm³/mol. The summed E-state index contributed by atoms with van der Waals surface area (Å²) in [4.78, 5) is 9.36. The van der Waals surface area contributed by atoms with E-state index >= 15 is 0 Å². The van der Waals surface area contributed by atoms with E-state index in [1.165, 1.54) is 46.8 Å². The molecule has 0 aliphatic heterocycles. The molecule has 61 heavy (non-hydrogen) atoms. The smallest absolute Gasteiger partial charge is 0.143 e. The zero-order valence-corrected chi connectivity index (χ0v) is 36.7. The fraction of sp³-hybridized carbons (Fsp3) is 0.164.